The van der Waals surface area contributed by atoms with E-state index in [1.807, 2.05) is 12.1 Å². The predicted octanol–water partition coefficient (Wildman–Crippen LogP) is 16.4. The summed E-state index contributed by atoms with van der Waals surface area (Å²) in [6.07, 6.45) is 0. The third kappa shape index (κ3) is 6.02. The molecule has 0 saturated carbocycles. The Bertz CT molecular complexity index is 3430. The van der Waals surface area contributed by atoms with E-state index in [1.54, 1.807) is 0 Å². The van der Waals surface area contributed by atoms with E-state index in [-0.39, 0.29) is 0 Å². The lowest BCUT2D eigenvalue weighted by molar-refractivity contribution is 0.670. The van der Waals surface area contributed by atoms with Gasteiger partial charge in [-0.3, -0.25) is 0 Å². The molecule has 1 heterocycles. The van der Waals surface area contributed by atoms with Gasteiger partial charge in [-0.15, -0.1) is 0 Å². The molecule has 1 aliphatic rings. The first kappa shape index (κ1) is 36.6. The Balaban J connectivity index is 0.949. The van der Waals surface area contributed by atoms with Crippen molar-refractivity contribution in [3.8, 4) is 44.5 Å². The van der Waals surface area contributed by atoms with Gasteiger partial charge in [-0.25, -0.2) is 0 Å². The number of rotatable bonds is 8. The average molecular weight is 804 g/mol. The highest BCUT2D eigenvalue weighted by Gasteiger charge is 2.46. The molecule has 296 valence electrons. The first-order chi connectivity index (χ1) is 31.2. The van der Waals surface area contributed by atoms with E-state index in [0.29, 0.717) is 0 Å². The molecule has 1 aliphatic carbocycles. The van der Waals surface area contributed by atoms with Crippen molar-refractivity contribution in [3.63, 3.8) is 0 Å². The second-order valence-corrected chi connectivity index (χ2v) is 16.4. The third-order valence-corrected chi connectivity index (χ3v) is 13.0. The minimum atomic E-state index is -0.514. The molecule has 1 atom stereocenters. The number of benzene rings is 10. The fourth-order valence-electron chi connectivity index (χ4n) is 10.1. The fourth-order valence-corrected chi connectivity index (χ4v) is 10.1. The Morgan fingerprint density at radius 1 is 0.302 bits per heavy atom. The Kier molecular flexibility index (Phi) is 8.76. The van der Waals surface area contributed by atoms with Crippen LogP contribution >= 0.6 is 0 Å². The van der Waals surface area contributed by atoms with Crippen LogP contribution in [-0.2, 0) is 5.41 Å². The van der Waals surface area contributed by atoms with Crippen molar-refractivity contribution >= 4 is 39.0 Å². The van der Waals surface area contributed by atoms with Crippen molar-refractivity contribution in [1.29, 1.82) is 0 Å². The molecule has 63 heavy (non-hydrogen) atoms. The zero-order valence-corrected chi connectivity index (χ0v) is 34.5. The maximum Gasteiger partial charge on any atom is 0.143 e. The molecule has 2 nitrogen and oxygen atoms in total. The zero-order valence-electron chi connectivity index (χ0n) is 34.5. The Morgan fingerprint density at radius 2 is 0.810 bits per heavy atom. The molecule has 0 aliphatic heterocycles. The molecule has 0 amide bonds. The van der Waals surface area contributed by atoms with E-state index < -0.39 is 5.41 Å². The van der Waals surface area contributed by atoms with Crippen molar-refractivity contribution < 1.29 is 4.42 Å². The van der Waals surface area contributed by atoms with Gasteiger partial charge < -0.3 is 9.32 Å². The number of hydrogen-bond acceptors (Lipinski definition) is 2. The molecule has 0 spiro atoms. The van der Waals surface area contributed by atoms with Crippen LogP contribution in [0.15, 0.2) is 253 Å². The molecule has 1 unspecified atom stereocenters. The standard InChI is InChI=1S/C61H41NO/c1-4-16-42(17-5-1)45-18-14-21-48(40-45)61(47-19-6-2-7-20-47)57-28-12-10-24-53(57)54-39-34-46(41-58(54)61)43-30-35-50(36-31-43)62(49-22-8-3-9-23-49)51-37-32-44(33-38-51)52-26-15-27-56-55-25-11-13-29-59(55)63-60(52)56/h1-41H. The van der Waals surface area contributed by atoms with Crippen molar-refractivity contribution in [3.05, 3.63) is 271 Å². The minimum Gasteiger partial charge on any atom is -0.455 e. The molecule has 0 bridgehead atoms. The molecule has 11 aromatic rings. The first-order valence-corrected chi connectivity index (χ1v) is 21.7. The summed E-state index contributed by atoms with van der Waals surface area (Å²) in [5.41, 5.74) is 19.2. The fraction of sp³-hybridized carbons (Fsp3) is 0.0164. The first-order valence-electron chi connectivity index (χ1n) is 21.7. The topological polar surface area (TPSA) is 16.4 Å². The van der Waals surface area contributed by atoms with Gasteiger partial charge in [0.15, 0.2) is 0 Å². The van der Waals surface area contributed by atoms with E-state index in [0.717, 1.165) is 50.1 Å². The average Bonchev–Trinajstić information content (AvgIpc) is 3.89. The van der Waals surface area contributed by atoms with E-state index >= 15 is 0 Å². The summed E-state index contributed by atoms with van der Waals surface area (Å²) < 4.78 is 6.41. The van der Waals surface area contributed by atoms with E-state index in [2.05, 4.69) is 241 Å². The van der Waals surface area contributed by atoms with Crippen LogP contribution in [0, 0.1) is 0 Å². The molecule has 12 rings (SSSR count). The zero-order chi connectivity index (χ0) is 41.7. The smallest absolute Gasteiger partial charge is 0.143 e. The van der Waals surface area contributed by atoms with Crippen molar-refractivity contribution in [1.82, 2.24) is 0 Å². The SMILES string of the molecule is c1ccc(-c2cccc(C3(c4ccccc4)c4ccccc4-c4ccc(-c5ccc(N(c6ccccc6)c6ccc(-c7cccc8c7oc7ccccc78)cc6)cc5)cc43)c2)cc1. The maximum atomic E-state index is 6.41. The molecule has 0 radical (unpaired) electrons. The normalized spacial score (nSPS) is 14.1. The Hall–Kier alpha value is -8.20. The summed E-state index contributed by atoms with van der Waals surface area (Å²) in [6.45, 7) is 0. The number of nitrogens with zero attached hydrogens (tertiary/aromatic N) is 1. The van der Waals surface area contributed by atoms with Crippen LogP contribution in [0.1, 0.15) is 22.3 Å². The van der Waals surface area contributed by atoms with Gasteiger partial charge in [-0.2, -0.15) is 0 Å². The van der Waals surface area contributed by atoms with Crippen LogP contribution in [-0.4, -0.2) is 0 Å². The molecular formula is C61H41NO. The summed E-state index contributed by atoms with van der Waals surface area (Å²) >= 11 is 0. The van der Waals surface area contributed by atoms with Crippen molar-refractivity contribution in [2.75, 3.05) is 4.90 Å². The van der Waals surface area contributed by atoms with Gasteiger partial charge in [0.2, 0.25) is 0 Å². The Labute approximate surface area is 367 Å². The second-order valence-electron chi connectivity index (χ2n) is 16.4. The van der Waals surface area contributed by atoms with Crippen LogP contribution < -0.4 is 4.90 Å². The minimum absolute atomic E-state index is 0.514. The summed E-state index contributed by atoms with van der Waals surface area (Å²) in [4.78, 5) is 2.33. The van der Waals surface area contributed by atoms with Crippen LogP contribution in [0.3, 0.4) is 0 Å². The summed E-state index contributed by atoms with van der Waals surface area (Å²) in [5.74, 6) is 0. The van der Waals surface area contributed by atoms with E-state index in [4.69, 9.17) is 4.42 Å². The maximum absolute atomic E-state index is 6.41. The number of furan rings is 1. The molecule has 2 heteroatoms. The lowest BCUT2D eigenvalue weighted by Crippen LogP contribution is -2.28. The van der Waals surface area contributed by atoms with Gasteiger partial charge in [0.05, 0.1) is 5.41 Å². The van der Waals surface area contributed by atoms with E-state index in [9.17, 15) is 0 Å². The van der Waals surface area contributed by atoms with Crippen LogP contribution in [0.5, 0.6) is 0 Å². The number of hydrogen-bond donors (Lipinski definition) is 0. The largest absolute Gasteiger partial charge is 0.455 e. The molecule has 0 saturated heterocycles. The molecule has 0 N–H and O–H groups in total. The van der Waals surface area contributed by atoms with E-state index in [1.165, 1.54) is 55.6 Å². The number of para-hydroxylation sites is 3. The quantitative estimate of drug-likeness (QED) is 0.152. The highest BCUT2D eigenvalue weighted by atomic mass is 16.3. The number of fused-ring (bicyclic) bond motifs is 6. The van der Waals surface area contributed by atoms with Gasteiger partial charge in [0.25, 0.3) is 0 Å². The van der Waals surface area contributed by atoms with Crippen molar-refractivity contribution in [2.45, 2.75) is 5.41 Å². The van der Waals surface area contributed by atoms with Gasteiger partial charge in [0.1, 0.15) is 11.2 Å². The Morgan fingerprint density at radius 3 is 1.59 bits per heavy atom. The molecule has 0 fully saturated rings. The predicted molar refractivity (Wildman–Crippen MR) is 262 cm³/mol. The number of anilines is 3. The van der Waals surface area contributed by atoms with Gasteiger partial charge in [0, 0.05) is 33.4 Å². The van der Waals surface area contributed by atoms with Gasteiger partial charge >= 0.3 is 0 Å². The summed E-state index contributed by atoms with van der Waals surface area (Å²) in [5, 5.41) is 2.27. The van der Waals surface area contributed by atoms with Crippen LogP contribution in [0.4, 0.5) is 17.1 Å². The molecule has 10 aromatic carbocycles. The highest BCUT2D eigenvalue weighted by Crippen LogP contribution is 2.57. The third-order valence-electron chi connectivity index (χ3n) is 13.0. The van der Waals surface area contributed by atoms with Crippen LogP contribution in [0.25, 0.3) is 66.4 Å². The van der Waals surface area contributed by atoms with Gasteiger partial charge in [-0.05, 0) is 116 Å². The lowest BCUT2D eigenvalue weighted by atomic mass is 9.67. The second kappa shape index (κ2) is 15.1. The summed E-state index contributed by atoms with van der Waals surface area (Å²) in [6, 6.07) is 90.2. The highest BCUT2D eigenvalue weighted by molar-refractivity contribution is 6.09. The van der Waals surface area contributed by atoms with Crippen molar-refractivity contribution in [2.24, 2.45) is 0 Å². The van der Waals surface area contributed by atoms with Gasteiger partial charge in [-0.1, -0.05) is 194 Å². The molecular weight excluding hydrogens is 763 g/mol. The monoisotopic (exact) mass is 803 g/mol. The molecule has 1 aromatic heterocycles. The van der Waals surface area contributed by atoms with Crippen LogP contribution in [0.2, 0.25) is 0 Å². The lowest BCUT2D eigenvalue weighted by Gasteiger charge is -2.34. The summed E-state index contributed by atoms with van der Waals surface area (Å²) in [7, 11) is 0.